The quantitative estimate of drug-likeness (QED) is 0.491. The Balaban J connectivity index is 1.14. The number of hydrogen-bond donors (Lipinski definition) is 1. The predicted octanol–water partition coefficient (Wildman–Crippen LogP) is 4.28. The van der Waals surface area contributed by atoms with Gasteiger partial charge in [-0.05, 0) is 60.9 Å². The maximum atomic E-state index is 14.3. The van der Waals surface area contributed by atoms with E-state index in [1.165, 1.54) is 6.07 Å². The first kappa shape index (κ1) is 26.2. The van der Waals surface area contributed by atoms with Crippen molar-refractivity contribution in [3.8, 4) is 5.75 Å². The summed E-state index contributed by atoms with van der Waals surface area (Å²) in [5.74, 6) is 1.45. The molecule has 202 valence electrons. The SMILES string of the molecule is CC(C)c1cnc(N2CCC([C@H](C)Oc3cnc(N4C[C@H](c5cc(F)ccc5F)[C@@H](N)C4)nc3)CC2)nc1. The Hall–Kier alpha value is -3.40. The molecule has 8 nitrogen and oxygen atoms in total. The molecule has 3 atom stereocenters. The number of piperidine rings is 1. The molecule has 0 radical (unpaired) electrons. The number of halogens is 2. The maximum Gasteiger partial charge on any atom is 0.225 e. The van der Waals surface area contributed by atoms with E-state index in [0.29, 0.717) is 42.2 Å². The molecule has 2 aromatic heterocycles. The summed E-state index contributed by atoms with van der Waals surface area (Å²) in [5.41, 5.74) is 7.71. The summed E-state index contributed by atoms with van der Waals surface area (Å²) in [4.78, 5) is 22.2. The molecule has 0 saturated carbocycles. The molecule has 0 spiro atoms. The van der Waals surface area contributed by atoms with E-state index < -0.39 is 11.6 Å². The highest BCUT2D eigenvalue weighted by Gasteiger charge is 2.34. The van der Waals surface area contributed by atoms with Crippen LogP contribution in [0.3, 0.4) is 0 Å². The lowest BCUT2D eigenvalue weighted by atomic mass is 9.92. The number of nitrogens with zero attached hydrogens (tertiary/aromatic N) is 6. The van der Waals surface area contributed by atoms with Crippen molar-refractivity contribution >= 4 is 11.9 Å². The number of anilines is 2. The summed E-state index contributed by atoms with van der Waals surface area (Å²) in [6, 6.07) is 3.13. The Bertz CT molecular complexity index is 1220. The second-order valence-corrected chi connectivity index (χ2v) is 10.7. The summed E-state index contributed by atoms with van der Waals surface area (Å²) in [5, 5.41) is 0. The summed E-state index contributed by atoms with van der Waals surface area (Å²) in [6.45, 7) is 9.01. The third-order valence-electron chi connectivity index (χ3n) is 7.75. The first-order chi connectivity index (χ1) is 18.3. The fourth-order valence-corrected chi connectivity index (χ4v) is 5.33. The van der Waals surface area contributed by atoms with Gasteiger partial charge < -0.3 is 20.3 Å². The van der Waals surface area contributed by atoms with Gasteiger partial charge in [-0.3, -0.25) is 0 Å². The molecule has 0 unspecified atom stereocenters. The molecule has 1 aromatic carbocycles. The molecule has 10 heteroatoms. The van der Waals surface area contributed by atoms with Crippen LogP contribution in [0.4, 0.5) is 20.7 Å². The van der Waals surface area contributed by atoms with E-state index in [1.807, 2.05) is 17.3 Å². The van der Waals surface area contributed by atoms with Crippen LogP contribution in [0.1, 0.15) is 56.6 Å². The Morgan fingerprint density at radius 3 is 2.18 bits per heavy atom. The molecule has 2 aliphatic heterocycles. The van der Waals surface area contributed by atoms with E-state index in [1.54, 1.807) is 12.4 Å². The Morgan fingerprint density at radius 2 is 1.53 bits per heavy atom. The number of rotatable bonds is 7. The first-order valence-corrected chi connectivity index (χ1v) is 13.3. The summed E-state index contributed by atoms with van der Waals surface area (Å²) >= 11 is 0. The number of ether oxygens (including phenoxy) is 1. The van der Waals surface area contributed by atoms with Crippen molar-refractivity contribution < 1.29 is 13.5 Å². The second-order valence-electron chi connectivity index (χ2n) is 10.7. The fraction of sp³-hybridized carbons (Fsp3) is 0.500. The van der Waals surface area contributed by atoms with Gasteiger partial charge in [-0.1, -0.05) is 13.8 Å². The third kappa shape index (κ3) is 5.70. The number of aromatic nitrogens is 4. The van der Waals surface area contributed by atoms with Gasteiger partial charge in [-0.15, -0.1) is 0 Å². The van der Waals surface area contributed by atoms with Crippen LogP contribution in [0.15, 0.2) is 43.0 Å². The van der Waals surface area contributed by atoms with E-state index >= 15 is 0 Å². The summed E-state index contributed by atoms with van der Waals surface area (Å²) < 4.78 is 34.2. The summed E-state index contributed by atoms with van der Waals surface area (Å²) in [6.07, 6.45) is 9.16. The topological polar surface area (TPSA) is 93.3 Å². The van der Waals surface area contributed by atoms with Crippen molar-refractivity contribution in [3.05, 3.63) is 65.7 Å². The van der Waals surface area contributed by atoms with Gasteiger partial charge >= 0.3 is 0 Å². The van der Waals surface area contributed by atoms with Crippen LogP contribution in [-0.4, -0.2) is 58.3 Å². The van der Waals surface area contributed by atoms with Crippen LogP contribution in [0.5, 0.6) is 5.75 Å². The number of hydrogen-bond acceptors (Lipinski definition) is 8. The standard InChI is InChI=1S/C28H35F2N7O/c1-17(2)20-11-32-27(33-12-20)36-8-6-19(7-9-36)18(3)38-22-13-34-28(35-14-22)37-15-24(26(31)16-37)23-10-21(29)4-5-25(23)30/h4-5,10-14,17-19,24,26H,6-9,15-16,31H2,1-3H3/t18-,24+,26-/m0/s1. The zero-order valence-electron chi connectivity index (χ0n) is 22.1. The van der Waals surface area contributed by atoms with Crippen LogP contribution < -0.4 is 20.3 Å². The van der Waals surface area contributed by atoms with Gasteiger partial charge in [0.15, 0.2) is 5.75 Å². The van der Waals surface area contributed by atoms with Crippen LogP contribution in [-0.2, 0) is 0 Å². The average Bonchev–Trinajstić information content (AvgIpc) is 3.31. The molecule has 2 fully saturated rings. The van der Waals surface area contributed by atoms with Crippen LogP contribution in [0.25, 0.3) is 0 Å². The van der Waals surface area contributed by atoms with Gasteiger partial charge in [-0.2, -0.15) is 0 Å². The molecule has 3 aromatic rings. The van der Waals surface area contributed by atoms with E-state index in [-0.39, 0.29) is 18.1 Å². The molecule has 2 N–H and O–H groups in total. The number of nitrogens with two attached hydrogens (primary N) is 1. The minimum atomic E-state index is -0.474. The first-order valence-electron chi connectivity index (χ1n) is 13.3. The van der Waals surface area contributed by atoms with Gasteiger partial charge in [0.1, 0.15) is 11.6 Å². The highest BCUT2D eigenvalue weighted by Crippen LogP contribution is 2.31. The Morgan fingerprint density at radius 1 is 0.895 bits per heavy atom. The Labute approximate surface area is 222 Å². The average molecular weight is 524 g/mol. The minimum absolute atomic E-state index is 0.0105. The molecule has 5 rings (SSSR count). The third-order valence-corrected chi connectivity index (χ3v) is 7.75. The highest BCUT2D eigenvalue weighted by molar-refractivity contribution is 5.39. The molecule has 0 aliphatic carbocycles. The lowest BCUT2D eigenvalue weighted by molar-refractivity contribution is 0.132. The van der Waals surface area contributed by atoms with Gasteiger partial charge in [0.25, 0.3) is 0 Å². The van der Waals surface area contributed by atoms with Crippen LogP contribution in [0.2, 0.25) is 0 Å². The molecular weight excluding hydrogens is 488 g/mol. The monoisotopic (exact) mass is 523 g/mol. The molecule has 0 bridgehead atoms. The maximum absolute atomic E-state index is 14.3. The second kappa shape index (κ2) is 11.1. The zero-order chi connectivity index (χ0) is 26.8. The van der Waals surface area contributed by atoms with Crippen LogP contribution in [0, 0.1) is 17.6 Å². The lowest BCUT2D eigenvalue weighted by Crippen LogP contribution is -2.39. The van der Waals surface area contributed by atoms with E-state index in [0.717, 1.165) is 49.6 Å². The lowest BCUT2D eigenvalue weighted by Gasteiger charge is -2.34. The van der Waals surface area contributed by atoms with Gasteiger partial charge in [0.05, 0.1) is 18.5 Å². The van der Waals surface area contributed by atoms with Crippen LogP contribution >= 0.6 is 0 Å². The molecule has 2 saturated heterocycles. The normalized spacial score (nSPS) is 21.2. The minimum Gasteiger partial charge on any atom is -0.487 e. The van der Waals surface area contributed by atoms with E-state index in [4.69, 9.17) is 10.5 Å². The number of benzene rings is 1. The van der Waals surface area contributed by atoms with Gasteiger partial charge in [0.2, 0.25) is 11.9 Å². The Kier molecular flexibility index (Phi) is 7.69. The molecular formula is C28H35F2N7O. The predicted molar refractivity (Wildman–Crippen MR) is 142 cm³/mol. The molecule has 4 heterocycles. The van der Waals surface area contributed by atoms with Gasteiger partial charge in [0, 0.05) is 50.5 Å². The van der Waals surface area contributed by atoms with Crippen molar-refractivity contribution in [1.29, 1.82) is 0 Å². The zero-order valence-corrected chi connectivity index (χ0v) is 22.1. The smallest absolute Gasteiger partial charge is 0.225 e. The van der Waals surface area contributed by atoms with Crippen molar-refractivity contribution in [2.45, 2.75) is 57.6 Å². The van der Waals surface area contributed by atoms with Crippen molar-refractivity contribution in [2.75, 3.05) is 36.0 Å². The van der Waals surface area contributed by atoms with E-state index in [9.17, 15) is 8.78 Å². The van der Waals surface area contributed by atoms with E-state index in [2.05, 4.69) is 45.6 Å². The van der Waals surface area contributed by atoms with Crippen molar-refractivity contribution in [1.82, 2.24) is 19.9 Å². The van der Waals surface area contributed by atoms with Crippen molar-refractivity contribution in [3.63, 3.8) is 0 Å². The molecule has 38 heavy (non-hydrogen) atoms. The van der Waals surface area contributed by atoms with Gasteiger partial charge in [-0.25, -0.2) is 28.7 Å². The largest absolute Gasteiger partial charge is 0.487 e. The molecule has 0 amide bonds. The summed E-state index contributed by atoms with van der Waals surface area (Å²) in [7, 11) is 0. The van der Waals surface area contributed by atoms with Crippen molar-refractivity contribution in [2.24, 2.45) is 11.7 Å². The highest BCUT2D eigenvalue weighted by atomic mass is 19.1. The molecule has 2 aliphatic rings. The fourth-order valence-electron chi connectivity index (χ4n) is 5.33.